The Morgan fingerprint density at radius 2 is 1.39 bits per heavy atom. The molecule has 1 saturated heterocycles. The topological polar surface area (TPSA) is 49.8 Å². The largest absolute Gasteiger partial charge is 0.426 e. The first-order valence-corrected chi connectivity index (χ1v) is 11.1. The van der Waals surface area contributed by atoms with Crippen LogP contribution in [0.4, 0.5) is 8.78 Å². The Bertz CT molecular complexity index is 1080. The van der Waals surface area contributed by atoms with Crippen molar-refractivity contribution in [3.05, 3.63) is 99.5 Å². The van der Waals surface area contributed by atoms with E-state index in [4.69, 9.17) is 27.9 Å². The second kappa shape index (κ2) is 9.39. The SMILES string of the molecule is CC(C(=O)Oc1cc(F)cc(F)c1)C1(O)CN(C(c2ccc(Cl)cc2)c2ccc(Cl)cc2)C1. The number of carbonyl (C=O) groups is 1. The van der Waals surface area contributed by atoms with Crippen LogP contribution in [-0.4, -0.2) is 34.7 Å². The summed E-state index contributed by atoms with van der Waals surface area (Å²) in [7, 11) is 0. The second-order valence-corrected chi connectivity index (χ2v) is 9.14. The average molecular weight is 492 g/mol. The molecule has 33 heavy (non-hydrogen) atoms. The molecule has 4 rings (SSSR count). The molecule has 4 nitrogen and oxygen atoms in total. The van der Waals surface area contributed by atoms with E-state index < -0.39 is 29.1 Å². The number of benzene rings is 3. The molecular weight excluding hydrogens is 471 g/mol. The minimum Gasteiger partial charge on any atom is -0.426 e. The predicted octanol–water partition coefficient (Wildman–Crippen LogP) is 5.65. The highest BCUT2D eigenvalue weighted by Crippen LogP contribution is 2.40. The summed E-state index contributed by atoms with van der Waals surface area (Å²) in [4.78, 5) is 14.6. The van der Waals surface area contributed by atoms with Crippen molar-refractivity contribution in [1.29, 1.82) is 0 Å². The number of hydrogen-bond donors (Lipinski definition) is 1. The Kier molecular flexibility index (Phi) is 6.73. The van der Waals surface area contributed by atoms with Crippen LogP contribution in [0.15, 0.2) is 66.7 Å². The van der Waals surface area contributed by atoms with Crippen molar-refractivity contribution < 1.29 is 23.4 Å². The lowest BCUT2D eigenvalue weighted by atomic mass is 9.79. The number of esters is 1. The van der Waals surface area contributed by atoms with Crippen LogP contribution in [0.3, 0.4) is 0 Å². The number of nitrogens with zero attached hydrogens (tertiary/aromatic N) is 1. The van der Waals surface area contributed by atoms with E-state index in [1.54, 1.807) is 24.3 Å². The van der Waals surface area contributed by atoms with Gasteiger partial charge in [-0.2, -0.15) is 0 Å². The van der Waals surface area contributed by atoms with Gasteiger partial charge in [0.2, 0.25) is 0 Å². The van der Waals surface area contributed by atoms with Crippen LogP contribution in [0.2, 0.25) is 10.0 Å². The van der Waals surface area contributed by atoms with Gasteiger partial charge in [0.1, 0.15) is 23.0 Å². The fourth-order valence-electron chi connectivity index (χ4n) is 4.03. The molecule has 0 amide bonds. The third kappa shape index (κ3) is 5.20. The molecule has 1 fully saturated rings. The fourth-order valence-corrected chi connectivity index (χ4v) is 4.28. The molecule has 1 heterocycles. The Labute approximate surface area is 200 Å². The third-order valence-corrected chi connectivity index (χ3v) is 6.41. The Morgan fingerprint density at radius 1 is 0.939 bits per heavy atom. The van der Waals surface area contributed by atoms with Gasteiger partial charge in [-0.1, -0.05) is 47.5 Å². The first kappa shape index (κ1) is 23.6. The van der Waals surface area contributed by atoms with Gasteiger partial charge in [0.15, 0.2) is 0 Å². The summed E-state index contributed by atoms with van der Waals surface area (Å²) < 4.78 is 31.9. The highest BCUT2D eigenvalue weighted by molar-refractivity contribution is 6.30. The van der Waals surface area contributed by atoms with Crippen molar-refractivity contribution in [3.63, 3.8) is 0 Å². The third-order valence-electron chi connectivity index (χ3n) is 5.90. The zero-order chi connectivity index (χ0) is 23.8. The molecule has 0 saturated carbocycles. The Morgan fingerprint density at radius 3 is 1.85 bits per heavy atom. The van der Waals surface area contributed by atoms with Crippen LogP contribution in [-0.2, 0) is 4.79 Å². The first-order valence-electron chi connectivity index (χ1n) is 10.3. The number of ether oxygens (including phenoxy) is 1. The van der Waals surface area contributed by atoms with Crippen molar-refractivity contribution in [2.24, 2.45) is 5.92 Å². The molecule has 0 aliphatic carbocycles. The summed E-state index contributed by atoms with van der Waals surface area (Å²) >= 11 is 12.1. The normalized spacial score (nSPS) is 16.3. The number of halogens is 4. The predicted molar refractivity (Wildman–Crippen MR) is 122 cm³/mol. The Hall–Kier alpha value is -2.51. The summed E-state index contributed by atoms with van der Waals surface area (Å²) in [5.74, 6) is -3.64. The number of aliphatic hydroxyl groups is 1. The number of likely N-dealkylation sites (tertiary alicyclic amines) is 1. The van der Waals surface area contributed by atoms with E-state index in [1.807, 2.05) is 29.2 Å². The van der Waals surface area contributed by atoms with E-state index >= 15 is 0 Å². The zero-order valence-electron chi connectivity index (χ0n) is 17.6. The van der Waals surface area contributed by atoms with Crippen LogP contribution in [0.5, 0.6) is 5.75 Å². The molecule has 1 unspecified atom stereocenters. The van der Waals surface area contributed by atoms with Gasteiger partial charge >= 0.3 is 5.97 Å². The highest BCUT2D eigenvalue weighted by atomic mass is 35.5. The number of β-amino-alcohol motifs (C(OH)–C–C–N with tert-alkyl or cyclic N) is 1. The van der Waals surface area contributed by atoms with E-state index in [0.29, 0.717) is 16.1 Å². The van der Waals surface area contributed by atoms with Crippen LogP contribution in [0.25, 0.3) is 0 Å². The quantitative estimate of drug-likeness (QED) is 0.357. The molecule has 1 aliphatic rings. The van der Waals surface area contributed by atoms with Crippen LogP contribution in [0, 0.1) is 17.6 Å². The lowest BCUT2D eigenvalue weighted by molar-refractivity contribution is -0.171. The smallest absolute Gasteiger partial charge is 0.317 e. The van der Waals surface area contributed by atoms with Gasteiger partial charge in [0.25, 0.3) is 0 Å². The average Bonchev–Trinajstić information content (AvgIpc) is 2.73. The lowest BCUT2D eigenvalue weighted by Gasteiger charge is -2.52. The molecule has 172 valence electrons. The molecule has 3 aromatic rings. The molecule has 0 spiro atoms. The van der Waals surface area contributed by atoms with Gasteiger partial charge in [-0.25, -0.2) is 8.78 Å². The molecule has 0 radical (unpaired) electrons. The van der Waals surface area contributed by atoms with Crippen LogP contribution < -0.4 is 4.74 Å². The molecule has 3 aromatic carbocycles. The summed E-state index contributed by atoms with van der Waals surface area (Å²) in [6.07, 6.45) is 0. The van der Waals surface area contributed by atoms with E-state index in [1.165, 1.54) is 6.92 Å². The van der Waals surface area contributed by atoms with Crippen molar-refractivity contribution in [2.75, 3.05) is 13.1 Å². The minimum absolute atomic E-state index is 0.191. The summed E-state index contributed by atoms with van der Waals surface area (Å²) in [6.45, 7) is 1.92. The summed E-state index contributed by atoms with van der Waals surface area (Å²) in [6, 6.07) is 17.2. The van der Waals surface area contributed by atoms with Gasteiger partial charge in [0, 0.05) is 41.3 Å². The molecular formula is C25H21Cl2F2NO3. The number of hydrogen-bond acceptors (Lipinski definition) is 4. The van der Waals surface area contributed by atoms with E-state index in [2.05, 4.69) is 0 Å². The van der Waals surface area contributed by atoms with Gasteiger partial charge in [-0.3, -0.25) is 9.69 Å². The van der Waals surface area contributed by atoms with Crippen LogP contribution in [0.1, 0.15) is 24.1 Å². The fraction of sp³-hybridized carbons (Fsp3) is 0.240. The van der Waals surface area contributed by atoms with Gasteiger partial charge in [-0.05, 0) is 42.3 Å². The zero-order valence-corrected chi connectivity index (χ0v) is 19.2. The Balaban J connectivity index is 1.51. The lowest BCUT2D eigenvalue weighted by Crippen LogP contribution is -2.67. The van der Waals surface area contributed by atoms with E-state index in [0.717, 1.165) is 23.3 Å². The first-order chi connectivity index (χ1) is 15.6. The van der Waals surface area contributed by atoms with E-state index in [9.17, 15) is 18.7 Å². The molecule has 1 aliphatic heterocycles. The maximum absolute atomic E-state index is 13.4. The summed E-state index contributed by atoms with van der Waals surface area (Å²) in [5, 5.41) is 12.3. The molecule has 8 heteroatoms. The van der Waals surface area contributed by atoms with Gasteiger partial charge in [-0.15, -0.1) is 0 Å². The maximum atomic E-state index is 13.4. The monoisotopic (exact) mass is 491 g/mol. The van der Waals surface area contributed by atoms with Crippen LogP contribution >= 0.6 is 23.2 Å². The number of carbonyl (C=O) groups excluding carboxylic acids is 1. The van der Waals surface area contributed by atoms with Gasteiger partial charge in [0.05, 0.1) is 12.0 Å². The van der Waals surface area contributed by atoms with E-state index in [-0.39, 0.29) is 24.9 Å². The molecule has 0 bridgehead atoms. The van der Waals surface area contributed by atoms with Crippen molar-refractivity contribution in [1.82, 2.24) is 4.90 Å². The molecule has 1 atom stereocenters. The van der Waals surface area contributed by atoms with Gasteiger partial charge < -0.3 is 9.84 Å². The minimum atomic E-state index is -1.36. The standard InChI is InChI=1S/C25H21Cl2F2NO3/c1-15(24(31)33-22-11-20(28)10-21(29)12-22)25(32)13-30(14-25)23(16-2-6-18(26)7-3-16)17-4-8-19(27)9-5-17/h2-12,15,23,32H,13-14H2,1H3. The second-order valence-electron chi connectivity index (χ2n) is 8.26. The maximum Gasteiger partial charge on any atom is 0.317 e. The number of rotatable bonds is 6. The van der Waals surface area contributed by atoms with Crippen molar-refractivity contribution >= 4 is 29.2 Å². The molecule has 1 N–H and O–H groups in total. The van der Waals surface area contributed by atoms with Crippen molar-refractivity contribution in [3.8, 4) is 5.75 Å². The molecule has 0 aromatic heterocycles. The summed E-state index contributed by atoms with van der Waals surface area (Å²) in [5.41, 5.74) is 0.573. The highest BCUT2D eigenvalue weighted by Gasteiger charge is 2.51. The van der Waals surface area contributed by atoms with Crippen molar-refractivity contribution in [2.45, 2.75) is 18.6 Å².